The Balaban J connectivity index is 1.37. The van der Waals surface area contributed by atoms with Gasteiger partial charge in [-0.3, -0.25) is 9.48 Å². The second-order valence-electron chi connectivity index (χ2n) is 13.2. The zero-order valence-corrected chi connectivity index (χ0v) is 30.3. The zero-order valence-electron chi connectivity index (χ0n) is 28.8. The number of anilines is 1. The molecule has 0 saturated heterocycles. The van der Waals surface area contributed by atoms with E-state index in [1.807, 2.05) is 91.6 Å². The first kappa shape index (κ1) is 32.8. The van der Waals surface area contributed by atoms with E-state index < -0.39 is 0 Å². The number of aryl methyl sites for hydroxylation is 6. The van der Waals surface area contributed by atoms with Crippen molar-refractivity contribution in [3.63, 3.8) is 0 Å². The van der Waals surface area contributed by atoms with Gasteiger partial charge in [-0.25, -0.2) is 0 Å². The Morgan fingerprint density at radius 1 is 1.00 bits per heavy atom. The number of benzene rings is 3. The molecule has 1 aliphatic rings. The number of carbonyl (C=O) groups is 1. The van der Waals surface area contributed by atoms with E-state index in [1.54, 1.807) is 0 Å². The van der Waals surface area contributed by atoms with E-state index in [1.165, 1.54) is 0 Å². The third kappa shape index (κ3) is 5.27. The molecule has 4 heterocycles. The zero-order chi connectivity index (χ0) is 34.9. The minimum Gasteiger partial charge on any atom is -0.494 e. The summed E-state index contributed by atoms with van der Waals surface area (Å²) in [6, 6.07) is 15.7. The lowest BCUT2D eigenvalue weighted by atomic mass is 9.98. The molecule has 0 N–H and O–H groups in total. The molecule has 0 radical (unpaired) electrons. The highest BCUT2D eigenvalue weighted by atomic mass is 35.5. The van der Waals surface area contributed by atoms with Gasteiger partial charge >= 0.3 is 0 Å². The van der Waals surface area contributed by atoms with Gasteiger partial charge in [0.1, 0.15) is 11.4 Å². The average Bonchev–Trinajstić information content (AvgIpc) is 3.67. The maximum Gasteiger partial charge on any atom is 0.275 e. The summed E-state index contributed by atoms with van der Waals surface area (Å²) in [6.45, 7) is 11.1. The summed E-state index contributed by atoms with van der Waals surface area (Å²) >= 11 is 13.5. The van der Waals surface area contributed by atoms with Gasteiger partial charge in [0.15, 0.2) is 0 Å². The molecule has 0 fully saturated rings. The number of nitrogens with zero attached hydrogens (tertiary/aromatic N) is 6. The Bertz CT molecular complexity index is 2350. The van der Waals surface area contributed by atoms with Crippen LogP contribution in [0.15, 0.2) is 48.7 Å². The number of hydrogen-bond acceptors (Lipinski definition) is 4. The smallest absolute Gasteiger partial charge is 0.275 e. The average molecular weight is 694 g/mol. The monoisotopic (exact) mass is 692 g/mol. The Kier molecular flexibility index (Phi) is 8.25. The molecular weight excluding hydrogens is 655 g/mol. The molecule has 0 spiro atoms. The van der Waals surface area contributed by atoms with Crippen LogP contribution >= 0.6 is 23.2 Å². The summed E-state index contributed by atoms with van der Waals surface area (Å²) in [5.41, 5.74) is 10.7. The highest BCUT2D eigenvalue weighted by Crippen LogP contribution is 2.45. The predicted octanol–water partition coefficient (Wildman–Crippen LogP) is 9.18. The number of aromatic nitrogens is 4. The van der Waals surface area contributed by atoms with Gasteiger partial charge in [-0.15, -0.1) is 0 Å². The molecule has 49 heavy (non-hydrogen) atoms. The second-order valence-corrected chi connectivity index (χ2v) is 14.0. The number of amides is 1. The summed E-state index contributed by atoms with van der Waals surface area (Å²) in [7, 11) is 3.89. The van der Waals surface area contributed by atoms with Crippen molar-refractivity contribution in [1.29, 1.82) is 5.26 Å². The SMILES string of the molecule is Cc1cc(OCCCc2c3n(c4c(-c5c(C)nn(C)c5C)c(Cl)ccc24)C(C)CN(c2cn(C)c4cc(C#N)ccc24)C3=O)cc(C)c1Cl. The Labute approximate surface area is 296 Å². The summed E-state index contributed by atoms with van der Waals surface area (Å²) in [4.78, 5) is 16.8. The quantitative estimate of drug-likeness (QED) is 0.156. The molecule has 250 valence electrons. The fourth-order valence-corrected chi connectivity index (χ4v) is 7.94. The molecule has 0 bridgehead atoms. The fraction of sp³-hybridized carbons (Fsp3) is 0.308. The number of fused-ring (bicyclic) bond motifs is 4. The standard InChI is InChI=1S/C39H38Cl2N6O2/c1-21-15-27(16-22(2)36(21)41)49-14-8-9-28-29-12-13-31(40)35(34-24(4)43-45(7)25(34)5)37(29)47-23(3)19-46(39(48)38(28)47)33-20-44(6)32-17-26(18-42)10-11-30(32)33/h10-13,15-17,20,23H,8-9,14,19H2,1-7H3. The Morgan fingerprint density at radius 2 is 1.71 bits per heavy atom. The normalized spacial score (nSPS) is 14.6. The van der Waals surface area contributed by atoms with Crippen molar-refractivity contribution in [2.24, 2.45) is 14.1 Å². The first-order chi connectivity index (χ1) is 23.4. The van der Waals surface area contributed by atoms with E-state index in [9.17, 15) is 10.1 Å². The molecule has 0 aliphatic carbocycles. The van der Waals surface area contributed by atoms with Crippen LogP contribution in [0.25, 0.3) is 32.9 Å². The van der Waals surface area contributed by atoms with Crippen molar-refractivity contribution >= 4 is 56.6 Å². The van der Waals surface area contributed by atoms with E-state index in [0.29, 0.717) is 42.3 Å². The molecule has 3 aromatic carbocycles. The third-order valence-electron chi connectivity index (χ3n) is 9.95. The molecule has 1 unspecified atom stereocenters. The van der Waals surface area contributed by atoms with Crippen LogP contribution in [0.1, 0.15) is 63.5 Å². The lowest BCUT2D eigenvalue weighted by Crippen LogP contribution is -2.42. The van der Waals surface area contributed by atoms with Gasteiger partial charge in [-0.2, -0.15) is 10.4 Å². The summed E-state index contributed by atoms with van der Waals surface area (Å²) in [5.74, 6) is 0.721. The number of carbonyl (C=O) groups excluding carboxylic acids is 1. The molecule has 1 atom stereocenters. The van der Waals surface area contributed by atoms with Crippen LogP contribution in [0.5, 0.6) is 5.75 Å². The van der Waals surface area contributed by atoms with E-state index in [2.05, 4.69) is 30.6 Å². The lowest BCUT2D eigenvalue weighted by Gasteiger charge is -2.34. The molecule has 1 aliphatic heterocycles. The van der Waals surface area contributed by atoms with Gasteiger partial charge < -0.3 is 18.8 Å². The first-order valence-electron chi connectivity index (χ1n) is 16.5. The van der Waals surface area contributed by atoms with Crippen LogP contribution in [0.4, 0.5) is 5.69 Å². The number of nitriles is 1. The maximum atomic E-state index is 14.9. The van der Waals surface area contributed by atoms with Crippen LogP contribution in [-0.4, -0.2) is 38.0 Å². The summed E-state index contributed by atoms with van der Waals surface area (Å²) in [5, 5.41) is 17.6. The van der Waals surface area contributed by atoms with E-state index in [4.69, 9.17) is 33.0 Å². The topological polar surface area (TPSA) is 81.0 Å². The van der Waals surface area contributed by atoms with Crippen molar-refractivity contribution in [2.45, 2.75) is 53.5 Å². The Morgan fingerprint density at radius 3 is 2.39 bits per heavy atom. The highest BCUT2D eigenvalue weighted by molar-refractivity contribution is 6.35. The van der Waals surface area contributed by atoms with Crippen LogP contribution in [-0.2, 0) is 20.5 Å². The minimum atomic E-state index is -0.0663. The molecule has 3 aromatic heterocycles. The van der Waals surface area contributed by atoms with Gasteiger partial charge in [-0.05, 0) is 101 Å². The number of hydrogen-bond donors (Lipinski definition) is 0. The van der Waals surface area contributed by atoms with Crippen molar-refractivity contribution in [2.75, 3.05) is 18.1 Å². The molecule has 7 rings (SSSR count). The molecule has 8 nitrogen and oxygen atoms in total. The van der Waals surface area contributed by atoms with Crippen molar-refractivity contribution in [3.8, 4) is 22.9 Å². The van der Waals surface area contributed by atoms with Crippen molar-refractivity contribution in [3.05, 3.63) is 98.0 Å². The van der Waals surface area contributed by atoms with Crippen LogP contribution < -0.4 is 9.64 Å². The van der Waals surface area contributed by atoms with Crippen LogP contribution in [0.2, 0.25) is 10.0 Å². The fourth-order valence-electron chi connectivity index (χ4n) is 7.58. The van der Waals surface area contributed by atoms with E-state index in [0.717, 1.165) is 77.5 Å². The van der Waals surface area contributed by atoms with Gasteiger partial charge in [-0.1, -0.05) is 29.3 Å². The number of halogens is 2. The largest absolute Gasteiger partial charge is 0.494 e. The maximum absolute atomic E-state index is 14.9. The summed E-state index contributed by atoms with van der Waals surface area (Å²) in [6.07, 6.45) is 3.31. The molecule has 1 amide bonds. The molecule has 6 aromatic rings. The lowest BCUT2D eigenvalue weighted by molar-refractivity contribution is 0.0957. The molecular formula is C39H38Cl2N6O2. The predicted molar refractivity (Wildman–Crippen MR) is 197 cm³/mol. The van der Waals surface area contributed by atoms with Gasteiger partial charge in [0.05, 0.1) is 45.7 Å². The summed E-state index contributed by atoms with van der Waals surface area (Å²) < 4.78 is 12.3. The number of rotatable bonds is 7. The third-order valence-corrected chi connectivity index (χ3v) is 10.9. The van der Waals surface area contributed by atoms with Gasteiger partial charge in [0.2, 0.25) is 0 Å². The van der Waals surface area contributed by atoms with Gasteiger partial charge in [0, 0.05) is 65.5 Å². The Hall–Kier alpha value is -4.71. The van der Waals surface area contributed by atoms with Gasteiger partial charge in [0.25, 0.3) is 5.91 Å². The van der Waals surface area contributed by atoms with Crippen LogP contribution in [0, 0.1) is 39.0 Å². The van der Waals surface area contributed by atoms with Crippen LogP contribution in [0.3, 0.4) is 0 Å². The van der Waals surface area contributed by atoms with E-state index in [-0.39, 0.29) is 11.9 Å². The number of ether oxygens (including phenoxy) is 1. The molecule has 0 saturated carbocycles. The highest BCUT2D eigenvalue weighted by Gasteiger charge is 2.37. The second kappa shape index (κ2) is 12.3. The minimum absolute atomic E-state index is 0.0623. The van der Waals surface area contributed by atoms with Crippen molar-refractivity contribution in [1.82, 2.24) is 18.9 Å². The van der Waals surface area contributed by atoms with E-state index >= 15 is 0 Å². The first-order valence-corrected chi connectivity index (χ1v) is 17.2. The molecule has 10 heteroatoms. The van der Waals surface area contributed by atoms with Crippen molar-refractivity contribution < 1.29 is 9.53 Å².